The highest BCUT2D eigenvalue weighted by Crippen LogP contribution is 2.35. The molecule has 0 saturated carbocycles. The fourth-order valence-electron chi connectivity index (χ4n) is 2.10. The monoisotopic (exact) mass is 304 g/mol. The Morgan fingerprint density at radius 2 is 1.95 bits per heavy atom. The van der Waals surface area contributed by atoms with Gasteiger partial charge in [0.25, 0.3) is 0 Å². The highest BCUT2D eigenvalue weighted by atomic mass is 32.2. The maximum Gasteiger partial charge on any atom is 0.417 e. The van der Waals surface area contributed by atoms with Crippen molar-refractivity contribution in [2.75, 3.05) is 16.6 Å². The van der Waals surface area contributed by atoms with Gasteiger partial charge in [-0.3, -0.25) is 4.31 Å². The van der Waals surface area contributed by atoms with Crippen molar-refractivity contribution in [1.29, 1.82) is 5.26 Å². The number of nitrogens with zero attached hydrogens (tertiary/aromatic N) is 2. The average Bonchev–Trinajstić information content (AvgIpc) is 2.36. The molecule has 0 bridgehead atoms. The summed E-state index contributed by atoms with van der Waals surface area (Å²) in [4.78, 5) is 0. The third-order valence-corrected chi connectivity index (χ3v) is 4.94. The van der Waals surface area contributed by atoms with E-state index in [2.05, 4.69) is 0 Å². The summed E-state index contributed by atoms with van der Waals surface area (Å²) >= 11 is 0. The lowest BCUT2D eigenvalue weighted by Crippen LogP contribution is -2.38. The van der Waals surface area contributed by atoms with E-state index < -0.39 is 27.3 Å². The topological polar surface area (TPSA) is 61.2 Å². The summed E-state index contributed by atoms with van der Waals surface area (Å²) in [6.07, 6.45) is -3.59. The van der Waals surface area contributed by atoms with Gasteiger partial charge in [-0.2, -0.15) is 18.4 Å². The second-order valence-electron chi connectivity index (χ2n) is 4.43. The van der Waals surface area contributed by atoms with Crippen molar-refractivity contribution in [2.45, 2.75) is 19.0 Å². The van der Waals surface area contributed by atoms with Gasteiger partial charge in [-0.25, -0.2) is 8.42 Å². The zero-order valence-electron chi connectivity index (χ0n) is 10.3. The Kier molecular flexibility index (Phi) is 3.65. The van der Waals surface area contributed by atoms with Crippen molar-refractivity contribution in [1.82, 2.24) is 0 Å². The highest BCUT2D eigenvalue weighted by Gasteiger charge is 2.35. The molecule has 1 aliphatic heterocycles. The van der Waals surface area contributed by atoms with Crippen LogP contribution in [-0.4, -0.2) is 20.7 Å². The van der Waals surface area contributed by atoms with Crippen molar-refractivity contribution in [3.63, 3.8) is 0 Å². The second kappa shape index (κ2) is 4.98. The van der Waals surface area contributed by atoms with E-state index in [9.17, 15) is 21.6 Å². The molecule has 1 fully saturated rings. The molecule has 1 aromatic rings. The van der Waals surface area contributed by atoms with Crippen LogP contribution in [0.2, 0.25) is 0 Å². The van der Waals surface area contributed by atoms with E-state index in [4.69, 9.17) is 5.26 Å². The van der Waals surface area contributed by atoms with E-state index in [1.807, 2.05) is 0 Å². The fraction of sp³-hybridized carbons (Fsp3) is 0.417. The SMILES string of the molecule is N#Cc1ccc(N2CCCCS2(=O)=O)cc1C(F)(F)F. The first-order valence-electron chi connectivity index (χ1n) is 5.87. The summed E-state index contributed by atoms with van der Waals surface area (Å²) in [6.45, 7) is 0.158. The zero-order valence-corrected chi connectivity index (χ0v) is 11.1. The van der Waals surface area contributed by atoms with Gasteiger partial charge >= 0.3 is 6.18 Å². The largest absolute Gasteiger partial charge is 0.417 e. The molecular weight excluding hydrogens is 293 g/mol. The molecule has 0 unspecified atom stereocenters. The predicted octanol–water partition coefficient (Wildman–Crippen LogP) is 2.51. The normalized spacial score (nSPS) is 18.6. The lowest BCUT2D eigenvalue weighted by Gasteiger charge is -2.28. The lowest BCUT2D eigenvalue weighted by atomic mass is 10.1. The van der Waals surface area contributed by atoms with Gasteiger partial charge in [0.15, 0.2) is 0 Å². The van der Waals surface area contributed by atoms with Crippen LogP contribution in [0.5, 0.6) is 0 Å². The second-order valence-corrected chi connectivity index (χ2v) is 6.45. The molecule has 2 rings (SSSR count). The number of nitriles is 1. The molecule has 0 amide bonds. The first kappa shape index (κ1) is 14.7. The molecule has 0 N–H and O–H groups in total. The van der Waals surface area contributed by atoms with Crippen LogP contribution in [0.25, 0.3) is 0 Å². The van der Waals surface area contributed by atoms with Crippen LogP contribution >= 0.6 is 0 Å². The summed E-state index contributed by atoms with van der Waals surface area (Å²) in [7, 11) is -3.58. The summed E-state index contributed by atoms with van der Waals surface area (Å²) in [5.74, 6) is -0.0750. The van der Waals surface area contributed by atoms with Gasteiger partial charge in [-0.05, 0) is 31.0 Å². The lowest BCUT2D eigenvalue weighted by molar-refractivity contribution is -0.137. The Hall–Kier alpha value is -1.75. The maximum absolute atomic E-state index is 12.9. The van der Waals surface area contributed by atoms with Crippen LogP contribution in [0.15, 0.2) is 18.2 Å². The van der Waals surface area contributed by atoms with Crippen molar-refractivity contribution in [3.8, 4) is 6.07 Å². The van der Waals surface area contributed by atoms with Gasteiger partial charge in [-0.15, -0.1) is 0 Å². The molecule has 1 aliphatic rings. The molecule has 0 atom stereocenters. The molecule has 0 aromatic heterocycles. The summed E-state index contributed by atoms with van der Waals surface area (Å²) in [5, 5.41) is 8.70. The van der Waals surface area contributed by atoms with Gasteiger partial charge in [0.2, 0.25) is 10.0 Å². The highest BCUT2D eigenvalue weighted by molar-refractivity contribution is 7.92. The number of sulfonamides is 1. The van der Waals surface area contributed by atoms with Gasteiger partial charge < -0.3 is 0 Å². The number of rotatable bonds is 1. The molecular formula is C12H11F3N2O2S. The van der Waals surface area contributed by atoms with Gasteiger partial charge in [0.05, 0.1) is 28.6 Å². The Morgan fingerprint density at radius 1 is 1.25 bits per heavy atom. The van der Waals surface area contributed by atoms with Crippen LogP contribution in [0, 0.1) is 11.3 Å². The molecule has 1 heterocycles. The van der Waals surface area contributed by atoms with Crippen LogP contribution in [-0.2, 0) is 16.2 Å². The molecule has 0 aliphatic carbocycles. The number of alkyl halides is 3. The van der Waals surface area contributed by atoms with Crippen LogP contribution in [0.4, 0.5) is 18.9 Å². The van der Waals surface area contributed by atoms with E-state index in [-0.39, 0.29) is 18.0 Å². The van der Waals surface area contributed by atoms with Crippen LogP contribution in [0.3, 0.4) is 0 Å². The van der Waals surface area contributed by atoms with Crippen LogP contribution < -0.4 is 4.31 Å². The summed E-state index contributed by atoms with van der Waals surface area (Å²) in [5.41, 5.74) is -1.68. The molecule has 20 heavy (non-hydrogen) atoms. The number of hydrogen-bond acceptors (Lipinski definition) is 3. The number of anilines is 1. The van der Waals surface area contributed by atoms with E-state index in [0.717, 1.165) is 16.4 Å². The summed E-state index contributed by atoms with van der Waals surface area (Å²) in [6, 6.07) is 4.42. The van der Waals surface area contributed by atoms with E-state index in [1.54, 1.807) is 0 Å². The van der Waals surface area contributed by atoms with Gasteiger partial charge in [-0.1, -0.05) is 0 Å². The van der Waals surface area contributed by atoms with Crippen molar-refractivity contribution in [3.05, 3.63) is 29.3 Å². The van der Waals surface area contributed by atoms with Crippen LogP contribution in [0.1, 0.15) is 24.0 Å². The first-order valence-corrected chi connectivity index (χ1v) is 7.48. The number of benzene rings is 1. The van der Waals surface area contributed by atoms with E-state index in [0.29, 0.717) is 12.8 Å². The number of hydrogen-bond donors (Lipinski definition) is 0. The minimum Gasteiger partial charge on any atom is -0.270 e. The Morgan fingerprint density at radius 3 is 2.50 bits per heavy atom. The van der Waals surface area contributed by atoms with Crippen molar-refractivity contribution >= 4 is 15.7 Å². The third kappa shape index (κ3) is 2.72. The smallest absolute Gasteiger partial charge is 0.270 e. The van der Waals surface area contributed by atoms with E-state index in [1.165, 1.54) is 12.1 Å². The quantitative estimate of drug-likeness (QED) is 0.801. The van der Waals surface area contributed by atoms with Crippen molar-refractivity contribution < 1.29 is 21.6 Å². The maximum atomic E-state index is 12.9. The standard InChI is InChI=1S/C12H11F3N2O2S/c13-12(14,15)11-7-10(4-3-9(11)8-16)17-5-1-2-6-20(17,18)19/h3-4,7H,1-2,5-6H2. The third-order valence-electron chi connectivity index (χ3n) is 3.07. The number of halogens is 3. The Balaban J connectivity index is 2.52. The van der Waals surface area contributed by atoms with E-state index >= 15 is 0 Å². The predicted molar refractivity (Wildman–Crippen MR) is 66.5 cm³/mol. The molecule has 1 aromatic carbocycles. The Bertz CT molecular complexity index is 662. The minimum absolute atomic E-state index is 0.0453. The Labute approximate surface area is 114 Å². The summed E-state index contributed by atoms with van der Waals surface area (Å²) < 4.78 is 63.3. The minimum atomic E-state index is -4.69. The fourth-order valence-corrected chi connectivity index (χ4v) is 3.73. The first-order chi connectivity index (χ1) is 9.25. The molecule has 8 heteroatoms. The van der Waals surface area contributed by atoms with Crippen molar-refractivity contribution in [2.24, 2.45) is 0 Å². The zero-order chi connectivity index (χ0) is 15.0. The van der Waals surface area contributed by atoms with Gasteiger partial charge in [0.1, 0.15) is 0 Å². The average molecular weight is 304 g/mol. The molecule has 1 saturated heterocycles. The molecule has 108 valence electrons. The molecule has 0 spiro atoms. The molecule has 4 nitrogen and oxygen atoms in total. The molecule has 0 radical (unpaired) electrons. The van der Waals surface area contributed by atoms with Gasteiger partial charge in [0, 0.05) is 6.54 Å².